The molecule has 0 radical (unpaired) electrons. The number of carbonyl (C=O) groups excluding carboxylic acids is 4. The number of methoxy groups -OCH3 is 2. The average Bonchev–Trinajstić information content (AvgIpc) is 4.05. The molecule has 5 N–H and O–H groups in total. The van der Waals surface area contributed by atoms with Crippen LogP contribution in [0.15, 0.2) is 103 Å². The summed E-state index contributed by atoms with van der Waals surface area (Å²) in [5, 5.41) is 13.0. The van der Waals surface area contributed by atoms with Gasteiger partial charge in [0, 0.05) is 19.1 Å². The first-order valence-electron chi connectivity index (χ1n) is 20.3. The third-order valence-corrected chi connectivity index (χ3v) is 10.2. The van der Waals surface area contributed by atoms with Gasteiger partial charge in [0.2, 0.25) is 0 Å². The Morgan fingerprint density at radius 1 is 0.905 bits per heavy atom. The molecule has 2 amide bonds. The van der Waals surface area contributed by atoms with E-state index in [4.69, 9.17) is 19.3 Å². The van der Waals surface area contributed by atoms with Crippen LogP contribution in [0.1, 0.15) is 66.5 Å². The van der Waals surface area contributed by atoms with Crippen molar-refractivity contribution in [1.29, 1.82) is 0 Å². The molecule has 3 aromatic heterocycles. The molecule has 1 fully saturated rings. The molecule has 18 nitrogen and oxygen atoms in total. The molecule has 0 saturated carbocycles. The first-order chi connectivity index (χ1) is 30.8. The first-order valence-corrected chi connectivity index (χ1v) is 20.3. The number of likely N-dealkylation sites (tertiary alicyclic amines) is 1. The average molecular weight is 861 g/mol. The Bertz CT molecular complexity index is 2170. The zero-order chi connectivity index (χ0) is 45.4. The summed E-state index contributed by atoms with van der Waals surface area (Å²) < 4.78 is 8.68. The molecule has 6 rings (SSSR count). The monoisotopic (exact) mass is 860 g/mol. The second-order valence-corrected chi connectivity index (χ2v) is 14.0. The van der Waals surface area contributed by atoms with Crippen LogP contribution >= 0.6 is 0 Å². The number of ether oxygens (including phenoxy) is 2. The summed E-state index contributed by atoms with van der Waals surface area (Å²) in [7, 11) is 6.56. The lowest BCUT2D eigenvalue weighted by atomic mass is 9.89. The van der Waals surface area contributed by atoms with E-state index >= 15 is 0 Å². The molecule has 1 unspecified atom stereocenters. The highest BCUT2D eigenvalue weighted by molar-refractivity contribution is 5.87. The van der Waals surface area contributed by atoms with Crippen LogP contribution in [0.4, 0.5) is 4.79 Å². The zero-order valence-corrected chi connectivity index (χ0v) is 36.1. The van der Waals surface area contributed by atoms with E-state index in [1.54, 1.807) is 54.2 Å². The zero-order valence-electron chi connectivity index (χ0n) is 36.1. The van der Waals surface area contributed by atoms with E-state index in [1.807, 2.05) is 45.1 Å². The molecule has 1 aliphatic rings. The number of benzene rings is 2. The number of hydrogen-bond acceptors (Lipinski definition) is 15. The second kappa shape index (κ2) is 26.2. The molecule has 4 heterocycles. The van der Waals surface area contributed by atoms with E-state index < -0.39 is 12.1 Å². The van der Waals surface area contributed by atoms with E-state index in [0.29, 0.717) is 65.8 Å². The SMILES string of the molecule is C=N/C=C(\NC[C@H](CCCNC)[C@H](NC)c1ccccc1)c1cnc(-c2cnc(-c3cnc([C@@H]4CCCN4C(=O)C(NC(=O)OC)c4ccccc4)[nH]3)cn2)cn1.C=O.COC=O. The Kier molecular flexibility index (Phi) is 20.2. The molecule has 0 bridgehead atoms. The molecule has 2 aromatic carbocycles. The summed E-state index contributed by atoms with van der Waals surface area (Å²) in [4.78, 5) is 75.4. The summed E-state index contributed by atoms with van der Waals surface area (Å²) in [5.41, 5.74) is 5.62. The van der Waals surface area contributed by atoms with Gasteiger partial charge >= 0.3 is 6.09 Å². The molecule has 1 saturated heterocycles. The van der Waals surface area contributed by atoms with Crippen LogP contribution in [-0.2, 0) is 23.9 Å². The van der Waals surface area contributed by atoms with Crippen molar-refractivity contribution < 1.29 is 28.7 Å². The topological polar surface area (TPSA) is 231 Å². The van der Waals surface area contributed by atoms with Crippen LogP contribution in [0.3, 0.4) is 0 Å². The van der Waals surface area contributed by atoms with E-state index in [1.165, 1.54) is 19.8 Å². The second-order valence-electron chi connectivity index (χ2n) is 14.0. The Hall–Kier alpha value is -7.18. The summed E-state index contributed by atoms with van der Waals surface area (Å²) in [6.45, 7) is 8.21. The number of amides is 2. The van der Waals surface area contributed by atoms with E-state index in [9.17, 15) is 9.59 Å². The predicted octanol–water partition coefficient (Wildman–Crippen LogP) is 4.85. The fraction of sp³-hybridized carbons (Fsp3) is 0.333. The van der Waals surface area contributed by atoms with Gasteiger partial charge in [-0.25, -0.2) is 9.78 Å². The Morgan fingerprint density at radius 3 is 2.11 bits per heavy atom. The number of nitrogens with one attached hydrogen (secondary N) is 5. The molecule has 0 aliphatic carbocycles. The Morgan fingerprint density at radius 2 is 1.54 bits per heavy atom. The maximum atomic E-state index is 13.9. The van der Waals surface area contributed by atoms with Gasteiger partial charge in [0.05, 0.1) is 68.8 Å². The van der Waals surface area contributed by atoms with Crippen molar-refractivity contribution in [2.24, 2.45) is 10.9 Å². The predicted molar refractivity (Wildman–Crippen MR) is 240 cm³/mol. The molecule has 63 heavy (non-hydrogen) atoms. The standard InChI is InChI=1S/C42H50N12O3.C2H4O2.CH2O/c1-43-19-11-17-30(38(45-3)28-13-7-5-8-14-28)21-46-31(22-44-2)32-23-48-33(24-47-32)34-25-50-35(26-49-34)36-27-51-40(52-36)37-18-12-20-54(37)41(55)39(53-42(56)57-4)29-15-9-6-10-16-29;1-4-2-3;1-2/h5-10,13-16,22-27,30,37-39,43,45-46H,2,11-12,17-21H2,1,3-4H3,(H,51,52)(H,53,56);2H,1H3;1H2/b31-22-;;/t30-,37-,38+,39?;;/m0../s1. The number of H-pyrrole nitrogens is 1. The number of aromatic nitrogens is 6. The summed E-state index contributed by atoms with van der Waals surface area (Å²) in [5.74, 6) is 0.676. The van der Waals surface area contributed by atoms with E-state index in [-0.39, 0.29) is 23.9 Å². The third kappa shape index (κ3) is 13.7. The van der Waals surface area contributed by atoms with Crippen LogP contribution < -0.4 is 21.3 Å². The number of aromatic amines is 1. The van der Waals surface area contributed by atoms with Crippen molar-refractivity contribution in [2.45, 2.75) is 43.8 Å². The highest BCUT2D eigenvalue weighted by Gasteiger charge is 2.37. The Labute approximate surface area is 367 Å². The Balaban J connectivity index is 0.00000137. The largest absolute Gasteiger partial charge is 0.471 e. The van der Waals surface area contributed by atoms with Gasteiger partial charge in [0.1, 0.15) is 41.4 Å². The van der Waals surface area contributed by atoms with Gasteiger partial charge in [-0.15, -0.1) is 0 Å². The molecule has 1 aliphatic heterocycles. The summed E-state index contributed by atoms with van der Waals surface area (Å²) in [6.07, 6.45) is 12.9. The van der Waals surface area contributed by atoms with Gasteiger partial charge in [0.25, 0.3) is 12.4 Å². The van der Waals surface area contributed by atoms with E-state index in [2.05, 4.69) is 86.9 Å². The highest BCUT2D eigenvalue weighted by Crippen LogP contribution is 2.34. The lowest BCUT2D eigenvalue weighted by Gasteiger charge is -2.28. The van der Waals surface area contributed by atoms with Crippen LogP contribution in [0, 0.1) is 5.92 Å². The number of hydrogen-bond donors (Lipinski definition) is 5. The van der Waals surface area contributed by atoms with Crippen molar-refractivity contribution in [3.8, 4) is 22.8 Å². The smallest absolute Gasteiger partial charge is 0.407 e. The molecule has 332 valence electrons. The molecular weight excluding hydrogens is 805 g/mol. The molecule has 4 atom stereocenters. The van der Waals surface area contributed by atoms with Gasteiger partial charge in [-0.2, -0.15) is 0 Å². The maximum Gasteiger partial charge on any atom is 0.407 e. The third-order valence-electron chi connectivity index (χ3n) is 10.2. The highest BCUT2D eigenvalue weighted by atomic mass is 16.5. The number of imidazole rings is 1. The van der Waals surface area contributed by atoms with Crippen molar-refractivity contribution in [3.05, 3.63) is 120 Å². The van der Waals surface area contributed by atoms with Crippen molar-refractivity contribution >= 4 is 37.7 Å². The first kappa shape index (κ1) is 48.5. The molecule has 5 aromatic rings. The molecule has 18 heteroatoms. The number of aliphatic imine (C=N–C) groups is 1. The fourth-order valence-electron chi connectivity index (χ4n) is 7.22. The van der Waals surface area contributed by atoms with Crippen LogP contribution in [0.2, 0.25) is 0 Å². The van der Waals surface area contributed by atoms with Gasteiger partial charge in [0.15, 0.2) is 0 Å². The van der Waals surface area contributed by atoms with Crippen LogP contribution in [-0.4, -0.2) is 115 Å². The quantitative estimate of drug-likeness (QED) is 0.0425. The number of alkyl carbamates (subject to hydrolysis) is 1. The van der Waals surface area contributed by atoms with Gasteiger partial charge in [-0.1, -0.05) is 60.7 Å². The van der Waals surface area contributed by atoms with E-state index in [0.717, 1.165) is 31.5 Å². The minimum atomic E-state index is -0.900. The van der Waals surface area contributed by atoms with Gasteiger partial charge in [-0.05, 0) is 70.1 Å². The number of rotatable bonds is 19. The van der Waals surface area contributed by atoms with Crippen molar-refractivity contribution in [3.63, 3.8) is 0 Å². The number of carbonyl (C=O) groups is 4. The minimum Gasteiger partial charge on any atom is -0.471 e. The number of nitrogens with zero attached hydrogens (tertiary/aromatic N) is 7. The molecular formula is C45H56N12O6. The maximum absolute atomic E-state index is 13.9. The van der Waals surface area contributed by atoms with Gasteiger partial charge in [-0.3, -0.25) is 34.5 Å². The normalized spacial score (nSPS) is 14.6. The van der Waals surface area contributed by atoms with Crippen molar-refractivity contribution in [1.82, 2.24) is 56.1 Å². The lowest BCUT2D eigenvalue weighted by molar-refractivity contribution is -0.134. The fourth-order valence-corrected chi connectivity index (χ4v) is 7.22. The summed E-state index contributed by atoms with van der Waals surface area (Å²) in [6, 6.07) is 18.6. The van der Waals surface area contributed by atoms with Crippen LogP contribution in [0.25, 0.3) is 28.5 Å². The molecule has 0 spiro atoms. The summed E-state index contributed by atoms with van der Waals surface area (Å²) >= 11 is 0. The van der Waals surface area contributed by atoms with Gasteiger partial charge < -0.3 is 45.4 Å². The van der Waals surface area contributed by atoms with Crippen molar-refractivity contribution in [2.75, 3.05) is 47.9 Å². The van der Waals surface area contributed by atoms with Crippen LogP contribution in [0.5, 0.6) is 0 Å². The lowest BCUT2D eigenvalue weighted by Crippen LogP contribution is -2.42. The minimum absolute atomic E-state index is 0.160.